The Morgan fingerprint density at radius 2 is 1.61 bits per heavy atom. The maximum absolute atomic E-state index is 12.8. The number of rotatable bonds is 5. The molecule has 7 nitrogen and oxygen atoms in total. The molecule has 0 bridgehead atoms. The van der Waals surface area contributed by atoms with E-state index in [1.54, 1.807) is 29.2 Å². The number of nitrogens with one attached hydrogen (secondary N) is 1. The Balaban J connectivity index is 1.33. The summed E-state index contributed by atoms with van der Waals surface area (Å²) in [6.45, 7) is 1.10. The molecule has 0 spiro atoms. The molecular formula is C22H23F3N2O5S. The fraction of sp³-hybridized carbons (Fsp3) is 0.409. The summed E-state index contributed by atoms with van der Waals surface area (Å²) in [4.78, 5) is 14.2. The van der Waals surface area contributed by atoms with Gasteiger partial charge in [-0.1, -0.05) is 12.1 Å². The van der Waals surface area contributed by atoms with Gasteiger partial charge in [-0.3, -0.25) is 4.79 Å². The standard InChI is InChI=1S/C22H23F3N2O5S/c23-22(24,25)17-5-7-19(8-6-17)33(30,31)26-18-9-11-27(12-10-18)20(28)15-1-3-16(4-2-15)21(29)13-32-14-21/h1-8,18,26,29H,9-14H2. The second-order valence-electron chi connectivity index (χ2n) is 8.31. The van der Waals surface area contributed by atoms with Gasteiger partial charge in [0.1, 0.15) is 5.60 Å². The maximum Gasteiger partial charge on any atom is 0.416 e. The first-order valence-electron chi connectivity index (χ1n) is 10.4. The summed E-state index contributed by atoms with van der Waals surface area (Å²) < 4.78 is 70.7. The molecule has 0 unspecified atom stereocenters. The highest BCUT2D eigenvalue weighted by atomic mass is 32.2. The van der Waals surface area contributed by atoms with Crippen LogP contribution in [0.5, 0.6) is 0 Å². The molecule has 2 aromatic rings. The number of likely N-dealkylation sites (tertiary alicyclic amines) is 1. The number of ether oxygens (including phenoxy) is 1. The zero-order chi connectivity index (χ0) is 23.9. The first kappa shape index (κ1) is 23.7. The average Bonchev–Trinajstić information content (AvgIpc) is 2.77. The Kier molecular flexibility index (Phi) is 6.25. The third kappa shape index (κ3) is 5.06. The molecule has 2 saturated heterocycles. The number of amides is 1. The molecule has 0 radical (unpaired) electrons. The number of alkyl halides is 3. The minimum atomic E-state index is -4.54. The van der Waals surface area contributed by atoms with Crippen molar-refractivity contribution in [2.75, 3.05) is 26.3 Å². The van der Waals surface area contributed by atoms with Crippen LogP contribution in [0, 0.1) is 0 Å². The molecule has 0 atom stereocenters. The molecule has 178 valence electrons. The molecule has 2 aliphatic heterocycles. The number of halogens is 3. The fourth-order valence-electron chi connectivity index (χ4n) is 3.88. The molecule has 2 heterocycles. The first-order valence-corrected chi connectivity index (χ1v) is 11.9. The van der Waals surface area contributed by atoms with E-state index in [1.165, 1.54) is 0 Å². The van der Waals surface area contributed by atoms with Gasteiger partial charge in [0.25, 0.3) is 5.91 Å². The number of aliphatic hydroxyl groups is 1. The number of carbonyl (C=O) groups is 1. The lowest BCUT2D eigenvalue weighted by atomic mass is 9.91. The highest BCUT2D eigenvalue weighted by molar-refractivity contribution is 7.89. The normalized spacial score (nSPS) is 19.2. The summed E-state index contributed by atoms with van der Waals surface area (Å²) in [6.07, 6.45) is -3.79. The maximum atomic E-state index is 12.8. The Hall–Kier alpha value is -2.47. The van der Waals surface area contributed by atoms with E-state index >= 15 is 0 Å². The van der Waals surface area contributed by atoms with Crippen LogP contribution in [0.4, 0.5) is 13.2 Å². The number of hydrogen-bond acceptors (Lipinski definition) is 5. The van der Waals surface area contributed by atoms with Crippen LogP contribution in [0.25, 0.3) is 0 Å². The van der Waals surface area contributed by atoms with E-state index in [2.05, 4.69) is 4.72 Å². The van der Waals surface area contributed by atoms with Gasteiger partial charge in [0, 0.05) is 24.7 Å². The van der Waals surface area contributed by atoms with E-state index in [-0.39, 0.29) is 24.0 Å². The molecule has 0 aromatic heterocycles. The largest absolute Gasteiger partial charge is 0.416 e. The van der Waals surface area contributed by atoms with E-state index in [0.717, 1.165) is 24.3 Å². The quantitative estimate of drug-likeness (QED) is 0.680. The number of benzene rings is 2. The summed E-state index contributed by atoms with van der Waals surface area (Å²) in [6, 6.07) is 9.58. The van der Waals surface area contributed by atoms with Crippen molar-refractivity contribution in [1.29, 1.82) is 0 Å². The number of carbonyl (C=O) groups excluding carboxylic acids is 1. The average molecular weight is 484 g/mol. The SMILES string of the molecule is O=C(c1ccc(C2(O)COC2)cc1)N1CCC(NS(=O)(=O)c2ccc(C(F)(F)F)cc2)CC1. The lowest BCUT2D eigenvalue weighted by molar-refractivity contribution is -0.184. The van der Waals surface area contributed by atoms with Crippen molar-refractivity contribution < 1.29 is 36.2 Å². The van der Waals surface area contributed by atoms with E-state index in [4.69, 9.17) is 4.74 Å². The summed E-state index contributed by atoms with van der Waals surface area (Å²) in [5, 5.41) is 10.3. The predicted molar refractivity (Wildman–Crippen MR) is 112 cm³/mol. The molecule has 0 aliphatic carbocycles. The summed E-state index contributed by atoms with van der Waals surface area (Å²) in [7, 11) is -3.98. The second kappa shape index (κ2) is 8.71. The molecule has 2 aromatic carbocycles. The highest BCUT2D eigenvalue weighted by Crippen LogP contribution is 2.31. The van der Waals surface area contributed by atoms with E-state index in [1.807, 2.05) is 0 Å². The number of hydrogen-bond donors (Lipinski definition) is 2. The Labute approximate surface area is 189 Å². The van der Waals surface area contributed by atoms with Crippen molar-refractivity contribution >= 4 is 15.9 Å². The monoisotopic (exact) mass is 484 g/mol. The van der Waals surface area contributed by atoms with Gasteiger partial charge in [-0.05, 0) is 54.8 Å². The van der Waals surface area contributed by atoms with Gasteiger partial charge in [-0.25, -0.2) is 13.1 Å². The molecular weight excluding hydrogens is 461 g/mol. The van der Waals surface area contributed by atoms with Gasteiger partial charge < -0.3 is 14.7 Å². The van der Waals surface area contributed by atoms with Crippen molar-refractivity contribution in [2.45, 2.75) is 35.6 Å². The molecule has 2 aliphatic rings. The van der Waals surface area contributed by atoms with Gasteiger partial charge in [0.05, 0.1) is 23.7 Å². The van der Waals surface area contributed by atoms with Crippen molar-refractivity contribution in [3.8, 4) is 0 Å². The molecule has 2 fully saturated rings. The van der Waals surface area contributed by atoms with E-state index < -0.39 is 33.4 Å². The lowest BCUT2D eigenvalue weighted by Crippen LogP contribution is -2.47. The van der Waals surface area contributed by atoms with Crippen LogP contribution in [0.1, 0.15) is 34.3 Å². The molecule has 11 heteroatoms. The van der Waals surface area contributed by atoms with Crippen LogP contribution in [-0.4, -0.2) is 56.7 Å². The summed E-state index contributed by atoms with van der Waals surface area (Å²) >= 11 is 0. The van der Waals surface area contributed by atoms with Crippen LogP contribution >= 0.6 is 0 Å². The van der Waals surface area contributed by atoms with Crippen molar-refractivity contribution in [3.63, 3.8) is 0 Å². The number of piperidine rings is 1. The lowest BCUT2D eigenvalue weighted by Gasteiger charge is -2.37. The van der Waals surface area contributed by atoms with Crippen LogP contribution < -0.4 is 4.72 Å². The molecule has 2 N–H and O–H groups in total. The van der Waals surface area contributed by atoms with Gasteiger partial charge in [0.15, 0.2) is 0 Å². The Morgan fingerprint density at radius 1 is 1.03 bits per heavy atom. The van der Waals surface area contributed by atoms with Crippen molar-refractivity contribution in [3.05, 3.63) is 65.2 Å². The highest BCUT2D eigenvalue weighted by Gasteiger charge is 2.38. The summed E-state index contributed by atoms with van der Waals surface area (Å²) in [5.41, 5.74) is -0.783. The molecule has 33 heavy (non-hydrogen) atoms. The third-order valence-corrected chi connectivity index (χ3v) is 7.48. The van der Waals surface area contributed by atoms with Crippen LogP contribution in [0.15, 0.2) is 53.4 Å². The van der Waals surface area contributed by atoms with Crippen molar-refractivity contribution in [2.24, 2.45) is 0 Å². The number of sulfonamides is 1. The zero-order valence-electron chi connectivity index (χ0n) is 17.5. The molecule has 4 rings (SSSR count). The van der Waals surface area contributed by atoms with Crippen LogP contribution in [0.3, 0.4) is 0 Å². The molecule has 0 saturated carbocycles. The minimum absolute atomic E-state index is 0.192. The Bertz CT molecular complexity index is 1110. The van der Waals surface area contributed by atoms with Gasteiger partial charge in [-0.2, -0.15) is 13.2 Å². The van der Waals surface area contributed by atoms with E-state index in [0.29, 0.717) is 37.1 Å². The second-order valence-corrected chi connectivity index (χ2v) is 10.0. The topological polar surface area (TPSA) is 95.9 Å². The molecule has 1 amide bonds. The third-order valence-electron chi connectivity index (χ3n) is 5.95. The van der Waals surface area contributed by atoms with Gasteiger partial charge in [0.2, 0.25) is 10.0 Å². The van der Waals surface area contributed by atoms with Crippen molar-refractivity contribution in [1.82, 2.24) is 9.62 Å². The smallest absolute Gasteiger partial charge is 0.380 e. The fourth-order valence-corrected chi connectivity index (χ4v) is 5.18. The van der Waals surface area contributed by atoms with Crippen LogP contribution in [-0.2, 0) is 26.5 Å². The van der Waals surface area contributed by atoms with Crippen LogP contribution in [0.2, 0.25) is 0 Å². The zero-order valence-corrected chi connectivity index (χ0v) is 18.3. The minimum Gasteiger partial charge on any atom is -0.380 e. The first-order chi connectivity index (χ1) is 15.5. The summed E-state index contributed by atoms with van der Waals surface area (Å²) in [5.74, 6) is -0.192. The predicted octanol–water partition coefficient (Wildman–Crippen LogP) is 2.51. The van der Waals surface area contributed by atoms with E-state index in [9.17, 15) is 31.5 Å². The number of nitrogens with zero attached hydrogens (tertiary/aromatic N) is 1. The van der Waals surface area contributed by atoms with Gasteiger partial charge in [-0.15, -0.1) is 0 Å². The Morgan fingerprint density at radius 3 is 2.09 bits per heavy atom. The van der Waals surface area contributed by atoms with Gasteiger partial charge >= 0.3 is 6.18 Å².